The highest BCUT2D eigenvalue weighted by atomic mass is 35.5. The first-order valence-corrected chi connectivity index (χ1v) is 7.19. The van der Waals surface area contributed by atoms with Gasteiger partial charge >= 0.3 is 0 Å². The zero-order valence-electron chi connectivity index (χ0n) is 11.4. The van der Waals surface area contributed by atoms with Gasteiger partial charge in [-0.15, -0.1) is 0 Å². The smallest absolute Gasteiger partial charge is 0.129 e. The molecule has 3 nitrogen and oxygen atoms in total. The quantitative estimate of drug-likeness (QED) is 0.675. The second-order valence-corrected chi connectivity index (χ2v) is 5.49. The topological polar surface area (TPSA) is 47.3 Å². The van der Waals surface area contributed by atoms with Gasteiger partial charge in [-0.2, -0.15) is 0 Å². The van der Waals surface area contributed by atoms with Crippen molar-refractivity contribution in [1.29, 1.82) is 0 Å². The van der Waals surface area contributed by atoms with Crippen molar-refractivity contribution in [3.8, 4) is 0 Å². The monoisotopic (exact) mass is 306 g/mol. The van der Waals surface area contributed by atoms with E-state index in [4.69, 9.17) is 22.2 Å². The number of hydrogen-bond acceptors (Lipinski definition) is 3. The summed E-state index contributed by atoms with van der Waals surface area (Å²) in [6.07, 6.45) is 0.531. The predicted molar refractivity (Wildman–Crippen MR) is 80.3 cm³/mol. The number of fused-ring (bicyclic) bond motifs is 1. The van der Waals surface area contributed by atoms with E-state index < -0.39 is 11.9 Å². The summed E-state index contributed by atoms with van der Waals surface area (Å²) in [6, 6.07) is 12.1. The van der Waals surface area contributed by atoms with Crippen molar-refractivity contribution >= 4 is 11.6 Å². The molecular formula is C16H16ClFN2O. The van der Waals surface area contributed by atoms with E-state index in [2.05, 4.69) is 11.5 Å². The normalized spacial score (nSPS) is 19.1. The average molecular weight is 307 g/mol. The van der Waals surface area contributed by atoms with E-state index in [1.807, 2.05) is 18.2 Å². The summed E-state index contributed by atoms with van der Waals surface area (Å²) in [5, 5.41) is 0.358. The van der Waals surface area contributed by atoms with Crippen molar-refractivity contribution < 1.29 is 9.13 Å². The average Bonchev–Trinajstić information content (AvgIpc) is 2.50. The third-order valence-corrected chi connectivity index (χ3v) is 4.05. The molecule has 21 heavy (non-hydrogen) atoms. The third kappa shape index (κ3) is 2.80. The van der Waals surface area contributed by atoms with Crippen molar-refractivity contribution in [3.63, 3.8) is 0 Å². The molecule has 3 rings (SSSR count). The van der Waals surface area contributed by atoms with Gasteiger partial charge in [0.25, 0.3) is 0 Å². The van der Waals surface area contributed by atoms with Crippen LogP contribution in [0.3, 0.4) is 0 Å². The Morgan fingerprint density at radius 2 is 2.10 bits per heavy atom. The van der Waals surface area contributed by atoms with Gasteiger partial charge in [-0.05, 0) is 29.7 Å². The summed E-state index contributed by atoms with van der Waals surface area (Å²) in [4.78, 5) is 0. The molecule has 2 aromatic rings. The minimum absolute atomic E-state index is 0.323. The van der Waals surface area contributed by atoms with Crippen LogP contribution in [0.15, 0.2) is 42.5 Å². The molecule has 0 radical (unpaired) electrons. The number of halogens is 2. The summed E-state index contributed by atoms with van der Waals surface area (Å²) in [7, 11) is 0. The molecule has 0 fully saturated rings. The maximum atomic E-state index is 14.2. The second-order valence-electron chi connectivity index (χ2n) is 5.05. The van der Waals surface area contributed by atoms with E-state index in [0.29, 0.717) is 17.2 Å². The maximum absolute atomic E-state index is 14.2. The molecular weight excluding hydrogens is 291 g/mol. The lowest BCUT2D eigenvalue weighted by atomic mass is 9.90. The Balaban J connectivity index is 2.01. The maximum Gasteiger partial charge on any atom is 0.129 e. The summed E-state index contributed by atoms with van der Waals surface area (Å²) in [5.41, 5.74) is 5.38. The number of rotatable bonds is 3. The minimum Gasteiger partial charge on any atom is -0.371 e. The lowest BCUT2D eigenvalue weighted by molar-refractivity contribution is 0.0139. The molecule has 0 aliphatic carbocycles. The van der Waals surface area contributed by atoms with Crippen LogP contribution >= 0.6 is 11.6 Å². The van der Waals surface area contributed by atoms with Gasteiger partial charge in [0.15, 0.2) is 0 Å². The molecule has 3 N–H and O–H groups in total. The molecule has 1 heterocycles. The molecule has 0 bridgehead atoms. The van der Waals surface area contributed by atoms with Crippen LogP contribution in [-0.2, 0) is 11.2 Å². The van der Waals surface area contributed by atoms with Gasteiger partial charge < -0.3 is 4.74 Å². The van der Waals surface area contributed by atoms with E-state index in [9.17, 15) is 4.39 Å². The second kappa shape index (κ2) is 6.12. The highest BCUT2D eigenvalue weighted by Gasteiger charge is 2.30. The molecule has 0 aromatic heterocycles. The fourth-order valence-corrected chi connectivity index (χ4v) is 2.95. The standard InChI is InChI=1S/C16H16ClFN2O/c17-11-5-6-13(14(18)9-11)15(20-19)16-12-4-2-1-3-10(12)7-8-21-16/h1-6,9,15-16,20H,7-8,19H2. The van der Waals surface area contributed by atoms with Crippen molar-refractivity contribution in [2.45, 2.75) is 18.6 Å². The van der Waals surface area contributed by atoms with E-state index in [-0.39, 0.29) is 6.10 Å². The summed E-state index contributed by atoms with van der Waals surface area (Å²) < 4.78 is 20.0. The summed E-state index contributed by atoms with van der Waals surface area (Å²) in [5.74, 6) is 5.28. The van der Waals surface area contributed by atoms with Gasteiger partial charge in [0.1, 0.15) is 11.9 Å². The molecule has 5 heteroatoms. The van der Waals surface area contributed by atoms with Crippen LogP contribution in [0.2, 0.25) is 5.02 Å². The summed E-state index contributed by atoms with van der Waals surface area (Å²) in [6.45, 7) is 0.592. The largest absolute Gasteiger partial charge is 0.371 e. The van der Waals surface area contributed by atoms with E-state index >= 15 is 0 Å². The van der Waals surface area contributed by atoms with Crippen LogP contribution in [0.25, 0.3) is 0 Å². The minimum atomic E-state index is -0.469. The Kier molecular flexibility index (Phi) is 4.22. The Hall–Kier alpha value is -1.46. The number of benzene rings is 2. The Morgan fingerprint density at radius 3 is 2.86 bits per heavy atom. The fourth-order valence-electron chi connectivity index (χ4n) is 2.79. The van der Waals surface area contributed by atoms with Crippen LogP contribution < -0.4 is 11.3 Å². The van der Waals surface area contributed by atoms with Crippen molar-refractivity contribution in [1.82, 2.24) is 5.43 Å². The highest BCUT2D eigenvalue weighted by Crippen LogP contribution is 2.37. The number of nitrogens with one attached hydrogen (secondary N) is 1. The van der Waals surface area contributed by atoms with Crippen LogP contribution in [0.5, 0.6) is 0 Å². The predicted octanol–water partition coefficient (Wildman–Crippen LogP) is 3.30. The van der Waals surface area contributed by atoms with Gasteiger partial charge in [0.05, 0.1) is 12.6 Å². The van der Waals surface area contributed by atoms with E-state index in [1.165, 1.54) is 11.6 Å². The highest BCUT2D eigenvalue weighted by molar-refractivity contribution is 6.30. The van der Waals surface area contributed by atoms with Gasteiger partial charge in [0, 0.05) is 10.6 Å². The molecule has 2 unspecified atom stereocenters. The van der Waals surface area contributed by atoms with Crippen LogP contribution in [0, 0.1) is 5.82 Å². The Labute approximate surface area is 127 Å². The van der Waals surface area contributed by atoms with Crippen LogP contribution in [0.1, 0.15) is 28.8 Å². The first-order valence-electron chi connectivity index (χ1n) is 6.81. The molecule has 110 valence electrons. The zero-order valence-corrected chi connectivity index (χ0v) is 12.1. The number of ether oxygens (including phenoxy) is 1. The van der Waals surface area contributed by atoms with E-state index in [0.717, 1.165) is 12.0 Å². The van der Waals surface area contributed by atoms with Crippen molar-refractivity contribution in [2.75, 3.05) is 6.61 Å². The lowest BCUT2D eigenvalue weighted by Gasteiger charge is -2.32. The summed E-state index contributed by atoms with van der Waals surface area (Å²) >= 11 is 5.81. The van der Waals surface area contributed by atoms with Gasteiger partial charge in [-0.25, -0.2) is 9.82 Å². The Bertz CT molecular complexity index is 650. The first kappa shape index (κ1) is 14.5. The molecule has 0 spiro atoms. The van der Waals surface area contributed by atoms with Gasteiger partial charge in [-0.3, -0.25) is 5.84 Å². The molecule has 1 aliphatic heterocycles. The van der Waals surface area contributed by atoms with Crippen LogP contribution in [0.4, 0.5) is 4.39 Å². The zero-order chi connectivity index (χ0) is 14.8. The van der Waals surface area contributed by atoms with Gasteiger partial charge in [-0.1, -0.05) is 41.9 Å². The van der Waals surface area contributed by atoms with Crippen molar-refractivity contribution in [2.24, 2.45) is 5.84 Å². The Morgan fingerprint density at radius 1 is 1.29 bits per heavy atom. The number of hydrogen-bond donors (Lipinski definition) is 2. The first-order chi connectivity index (χ1) is 10.2. The SMILES string of the molecule is NNC(c1ccc(Cl)cc1F)C1OCCc2ccccc21. The molecule has 2 atom stereocenters. The van der Waals surface area contributed by atoms with E-state index in [1.54, 1.807) is 12.1 Å². The molecule has 0 saturated carbocycles. The van der Waals surface area contributed by atoms with Crippen LogP contribution in [-0.4, -0.2) is 6.61 Å². The van der Waals surface area contributed by atoms with Gasteiger partial charge in [0.2, 0.25) is 0 Å². The third-order valence-electron chi connectivity index (χ3n) is 3.81. The van der Waals surface area contributed by atoms with Crippen molar-refractivity contribution in [3.05, 3.63) is 70.0 Å². The number of hydrazine groups is 1. The molecule has 0 saturated heterocycles. The lowest BCUT2D eigenvalue weighted by Crippen LogP contribution is -2.36. The fraction of sp³-hybridized carbons (Fsp3) is 0.250. The molecule has 1 aliphatic rings. The molecule has 0 amide bonds. The number of nitrogens with two attached hydrogens (primary N) is 1. The molecule has 2 aromatic carbocycles.